The van der Waals surface area contributed by atoms with E-state index in [0.29, 0.717) is 0 Å². The molecule has 7 heteroatoms. The first-order chi connectivity index (χ1) is 10.9. The minimum atomic E-state index is -3.75. The van der Waals surface area contributed by atoms with Crippen molar-refractivity contribution in [2.75, 3.05) is 13.2 Å². The third-order valence-corrected chi connectivity index (χ3v) is 4.12. The van der Waals surface area contributed by atoms with Crippen LogP contribution >= 0.6 is 7.82 Å². The highest BCUT2D eigenvalue weighted by molar-refractivity contribution is 7.47. The van der Waals surface area contributed by atoms with Crippen molar-refractivity contribution in [3.05, 3.63) is 18.7 Å². The van der Waals surface area contributed by atoms with Crippen LogP contribution in [0.1, 0.15) is 59.3 Å². The molecule has 0 saturated heterocycles. The molecule has 0 aliphatic heterocycles. The van der Waals surface area contributed by atoms with Gasteiger partial charge in [-0.1, -0.05) is 40.0 Å². The Kier molecular flexibility index (Phi) is 13.3. The molecule has 0 spiro atoms. The molecule has 0 unspecified atom stereocenters. The first-order valence-corrected chi connectivity index (χ1v) is 10.1. The summed E-state index contributed by atoms with van der Waals surface area (Å²) in [6.45, 7) is 7.92. The molecule has 0 aromatic carbocycles. The van der Waals surface area contributed by atoms with Gasteiger partial charge in [-0.15, -0.1) is 0 Å². The minimum Gasteiger partial charge on any atom is -0.302 e. The zero-order chi connectivity index (χ0) is 17.6. The Hall–Kier alpha value is -0.680. The van der Waals surface area contributed by atoms with Gasteiger partial charge in [0.15, 0.2) is 0 Å². The number of rotatable bonds is 11. The standard InChI is InChI=1S/C8H15N2.C8H19O4P/c1-3-4-5-10-7-6-9(2)8-10;1-3-5-7-11-13(9,10)12-8-6-4-2/h6-8H,3-5H2,1-2H3;3-8H2,1-2H3,(H,9,10)/q+1;. The number of aryl methyl sites for hydroxylation is 2. The lowest BCUT2D eigenvalue weighted by Crippen LogP contribution is -2.23. The summed E-state index contributed by atoms with van der Waals surface area (Å²) in [5.41, 5.74) is 0. The first-order valence-electron chi connectivity index (χ1n) is 8.58. The van der Waals surface area contributed by atoms with E-state index < -0.39 is 7.82 Å². The highest BCUT2D eigenvalue weighted by Crippen LogP contribution is 2.43. The maximum Gasteiger partial charge on any atom is 0.472 e. The van der Waals surface area contributed by atoms with Gasteiger partial charge in [0, 0.05) is 0 Å². The third-order valence-electron chi connectivity index (χ3n) is 3.10. The second-order valence-electron chi connectivity index (χ2n) is 5.51. The summed E-state index contributed by atoms with van der Waals surface area (Å²) in [6, 6.07) is 0. The van der Waals surface area contributed by atoms with Crippen molar-refractivity contribution >= 4 is 7.82 Å². The van der Waals surface area contributed by atoms with Gasteiger partial charge in [0.1, 0.15) is 12.4 Å². The number of phosphoric acid groups is 1. The molecule has 1 rings (SSSR count). The molecule has 0 aliphatic carbocycles. The van der Waals surface area contributed by atoms with Crippen LogP contribution in [-0.4, -0.2) is 22.7 Å². The molecule has 0 aliphatic rings. The molecule has 0 bridgehead atoms. The normalized spacial score (nSPS) is 11.2. The lowest BCUT2D eigenvalue weighted by atomic mass is 10.3. The molecule has 1 aromatic heterocycles. The van der Waals surface area contributed by atoms with E-state index in [1.807, 2.05) is 20.9 Å². The smallest absolute Gasteiger partial charge is 0.302 e. The van der Waals surface area contributed by atoms with Crippen LogP contribution in [0.3, 0.4) is 0 Å². The zero-order valence-corrected chi connectivity index (χ0v) is 16.0. The van der Waals surface area contributed by atoms with Crippen molar-refractivity contribution in [1.29, 1.82) is 0 Å². The molecule has 0 atom stereocenters. The van der Waals surface area contributed by atoms with Gasteiger partial charge in [-0.05, 0) is 19.3 Å². The van der Waals surface area contributed by atoms with Crippen LogP contribution in [0.25, 0.3) is 0 Å². The van der Waals surface area contributed by atoms with E-state index in [1.165, 1.54) is 12.8 Å². The Labute approximate surface area is 141 Å². The van der Waals surface area contributed by atoms with Gasteiger partial charge < -0.3 is 4.89 Å². The molecule has 1 N–H and O–H groups in total. The maximum absolute atomic E-state index is 11.1. The van der Waals surface area contributed by atoms with E-state index in [1.54, 1.807) is 0 Å². The largest absolute Gasteiger partial charge is 0.472 e. The topological polar surface area (TPSA) is 64.6 Å². The van der Waals surface area contributed by atoms with Gasteiger partial charge in [0.05, 0.1) is 26.8 Å². The zero-order valence-electron chi connectivity index (χ0n) is 15.1. The lowest BCUT2D eigenvalue weighted by Gasteiger charge is -2.10. The van der Waals surface area contributed by atoms with Crippen molar-refractivity contribution in [2.45, 2.75) is 65.8 Å². The van der Waals surface area contributed by atoms with Crippen LogP contribution in [0.5, 0.6) is 0 Å². The summed E-state index contributed by atoms with van der Waals surface area (Å²) >= 11 is 0. The van der Waals surface area contributed by atoms with Gasteiger partial charge in [0.2, 0.25) is 6.33 Å². The lowest BCUT2D eigenvalue weighted by molar-refractivity contribution is -0.671. The number of nitrogens with zero attached hydrogens (tertiary/aromatic N) is 2. The van der Waals surface area contributed by atoms with Crippen molar-refractivity contribution in [2.24, 2.45) is 7.05 Å². The summed E-state index contributed by atoms with van der Waals surface area (Å²) in [4.78, 5) is 9.08. The van der Waals surface area contributed by atoms with Crippen molar-refractivity contribution in [3.8, 4) is 0 Å². The average molecular weight is 349 g/mol. The SMILES string of the molecule is CCCCOP(=O)(O)OCCCC.CCCCn1cc[n+](C)c1. The molecule has 136 valence electrons. The summed E-state index contributed by atoms with van der Waals surface area (Å²) < 4.78 is 24.8. The summed E-state index contributed by atoms with van der Waals surface area (Å²) in [5, 5.41) is 0. The van der Waals surface area contributed by atoms with Gasteiger partial charge in [-0.3, -0.25) is 9.05 Å². The number of hydrogen-bond donors (Lipinski definition) is 1. The molecule has 1 heterocycles. The third kappa shape index (κ3) is 13.5. The minimum absolute atomic E-state index is 0.288. The molecule has 6 nitrogen and oxygen atoms in total. The van der Waals surface area contributed by atoms with Crippen molar-refractivity contribution in [3.63, 3.8) is 0 Å². The second kappa shape index (κ2) is 13.7. The fourth-order valence-electron chi connectivity index (χ4n) is 1.66. The van der Waals surface area contributed by atoms with Crippen LogP contribution in [-0.2, 0) is 27.2 Å². The Morgan fingerprint density at radius 1 is 1.04 bits per heavy atom. The molecule has 0 radical (unpaired) electrons. The van der Waals surface area contributed by atoms with Crippen LogP contribution < -0.4 is 4.57 Å². The Morgan fingerprint density at radius 3 is 1.96 bits per heavy atom. The van der Waals surface area contributed by atoms with E-state index in [-0.39, 0.29) is 13.2 Å². The maximum atomic E-state index is 11.1. The number of imidazole rings is 1. The molecular formula is C16H34N2O4P+. The van der Waals surface area contributed by atoms with E-state index in [2.05, 4.69) is 34.8 Å². The van der Waals surface area contributed by atoms with Crippen molar-refractivity contribution in [1.82, 2.24) is 4.57 Å². The van der Waals surface area contributed by atoms with Gasteiger partial charge in [0.25, 0.3) is 0 Å². The number of unbranched alkanes of at least 4 members (excludes halogenated alkanes) is 3. The van der Waals surface area contributed by atoms with Crippen LogP contribution in [0, 0.1) is 0 Å². The second-order valence-corrected chi connectivity index (χ2v) is 6.97. The summed E-state index contributed by atoms with van der Waals surface area (Å²) in [7, 11) is -1.71. The molecular weight excluding hydrogens is 315 g/mol. The number of aromatic nitrogens is 2. The van der Waals surface area contributed by atoms with Gasteiger partial charge >= 0.3 is 7.82 Å². The van der Waals surface area contributed by atoms with Gasteiger partial charge in [-0.2, -0.15) is 0 Å². The van der Waals surface area contributed by atoms with Crippen molar-refractivity contribution < 1.29 is 23.1 Å². The molecule has 23 heavy (non-hydrogen) atoms. The summed E-state index contributed by atoms with van der Waals surface area (Å²) in [6.07, 6.45) is 12.3. The average Bonchev–Trinajstić information content (AvgIpc) is 2.92. The quantitative estimate of drug-likeness (QED) is 0.375. The molecule has 0 saturated carbocycles. The number of hydrogen-bond acceptors (Lipinski definition) is 3. The number of phosphoric ester groups is 1. The predicted molar refractivity (Wildman–Crippen MR) is 92.1 cm³/mol. The summed E-state index contributed by atoms with van der Waals surface area (Å²) in [5.74, 6) is 0. The highest BCUT2D eigenvalue weighted by atomic mass is 31.2. The fourth-order valence-corrected chi connectivity index (χ4v) is 2.45. The van der Waals surface area contributed by atoms with Crippen LogP contribution in [0.4, 0.5) is 0 Å². The predicted octanol–water partition coefficient (Wildman–Crippen LogP) is 3.83. The van der Waals surface area contributed by atoms with E-state index in [4.69, 9.17) is 13.9 Å². The van der Waals surface area contributed by atoms with E-state index in [9.17, 15) is 4.57 Å². The molecule has 0 fully saturated rings. The van der Waals surface area contributed by atoms with Gasteiger partial charge in [-0.25, -0.2) is 13.7 Å². The molecule has 1 aromatic rings. The first kappa shape index (κ1) is 22.3. The highest BCUT2D eigenvalue weighted by Gasteiger charge is 2.19. The Balaban J connectivity index is 0.000000433. The van der Waals surface area contributed by atoms with E-state index in [0.717, 1.165) is 32.2 Å². The Morgan fingerprint density at radius 2 is 1.57 bits per heavy atom. The monoisotopic (exact) mass is 349 g/mol. The van der Waals surface area contributed by atoms with E-state index >= 15 is 0 Å². The molecule has 0 amide bonds. The van der Waals surface area contributed by atoms with Crippen LogP contribution in [0.2, 0.25) is 0 Å². The Bertz CT molecular complexity index is 423. The fraction of sp³-hybridized carbons (Fsp3) is 0.812. The van der Waals surface area contributed by atoms with Crippen LogP contribution in [0.15, 0.2) is 18.7 Å².